The van der Waals surface area contributed by atoms with Crippen LogP contribution in [0.15, 0.2) is 47.3 Å². The smallest absolute Gasteiger partial charge is 0.249 e. The van der Waals surface area contributed by atoms with Crippen molar-refractivity contribution in [2.24, 2.45) is 0 Å². The highest BCUT2D eigenvalue weighted by molar-refractivity contribution is 6.31. The first-order valence-corrected chi connectivity index (χ1v) is 10.5. The zero-order valence-corrected chi connectivity index (χ0v) is 17.4. The molecular formula is C22H24ClFN4O2. The minimum absolute atomic E-state index is 0.169. The zero-order valence-electron chi connectivity index (χ0n) is 16.6. The van der Waals surface area contributed by atoms with Gasteiger partial charge in [-0.1, -0.05) is 11.6 Å². The van der Waals surface area contributed by atoms with Crippen molar-refractivity contribution in [2.45, 2.75) is 12.8 Å². The molecule has 6 nitrogen and oxygen atoms in total. The molecule has 0 amide bonds. The Hall–Kier alpha value is -2.64. The Balaban J connectivity index is 1.17. The van der Waals surface area contributed by atoms with Crippen LogP contribution in [0.25, 0.3) is 11.0 Å². The first-order chi connectivity index (χ1) is 14.6. The molecule has 1 aliphatic heterocycles. The van der Waals surface area contributed by atoms with Crippen LogP contribution in [0.2, 0.25) is 5.02 Å². The highest BCUT2D eigenvalue weighted by atomic mass is 35.5. The Morgan fingerprint density at radius 3 is 2.67 bits per heavy atom. The summed E-state index contributed by atoms with van der Waals surface area (Å²) in [5, 5.41) is 1.05. The van der Waals surface area contributed by atoms with Crippen molar-refractivity contribution >= 4 is 28.3 Å². The van der Waals surface area contributed by atoms with Crippen molar-refractivity contribution in [1.29, 1.82) is 0 Å². The zero-order chi connectivity index (χ0) is 20.9. The minimum atomic E-state index is -0.381. The lowest BCUT2D eigenvalue weighted by molar-refractivity contribution is 0.237. The van der Waals surface area contributed by atoms with Crippen LogP contribution in [0, 0.1) is 5.82 Å². The fourth-order valence-corrected chi connectivity index (χ4v) is 3.79. The number of benzene rings is 1. The maximum absolute atomic E-state index is 13.3. The topological polar surface area (TPSA) is 61.5 Å². The molecule has 30 heavy (non-hydrogen) atoms. The summed E-state index contributed by atoms with van der Waals surface area (Å²) < 4.78 is 19.1. The van der Waals surface area contributed by atoms with Crippen LogP contribution < -0.4 is 15.2 Å². The fraction of sp³-hybridized carbons (Fsp3) is 0.364. The van der Waals surface area contributed by atoms with Gasteiger partial charge in [-0.2, -0.15) is 4.98 Å². The molecular weight excluding hydrogens is 407 g/mol. The van der Waals surface area contributed by atoms with Crippen LogP contribution in [0.3, 0.4) is 0 Å². The number of aromatic nitrogens is 2. The number of nitrogens with zero attached hydrogens (tertiary/aromatic N) is 3. The molecule has 3 heterocycles. The van der Waals surface area contributed by atoms with Crippen LogP contribution in [-0.4, -0.2) is 54.2 Å². The molecule has 0 bridgehead atoms. The van der Waals surface area contributed by atoms with E-state index in [1.54, 1.807) is 18.2 Å². The molecule has 0 aliphatic carbocycles. The van der Waals surface area contributed by atoms with Crippen molar-refractivity contribution in [3.8, 4) is 5.88 Å². The number of ether oxygens (including phenoxy) is 1. The molecule has 158 valence electrons. The van der Waals surface area contributed by atoms with E-state index in [1.165, 1.54) is 12.1 Å². The molecule has 3 aromatic rings. The van der Waals surface area contributed by atoms with E-state index in [1.807, 2.05) is 12.1 Å². The number of fused-ring (bicyclic) bond motifs is 1. The highest BCUT2D eigenvalue weighted by Crippen LogP contribution is 2.23. The number of hydrogen-bond acceptors (Lipinski definition) is 5. The maximum Gasteiger partial charge on any atom is 0.249 e. The number of aromatic amines is 1. The Labute approximate surface area is 179 Å². The number of H-pyrrole nitrogens is 1. The van der Waals surface area contributed by atoms with E-state index in [0.717, 1.165) is 56.6 Å². The Morgan fingerprint density at radius 2 is 1.87 bits per heavy atom. The Bertz CT molecular complexity index is 1070. The molecule has 4 rings (SSSR count). The third-order valence-corrected chi connectivity index (χ3v) is 5.61. The van der Waals surface area contributed by atoms with E-state index in [4.69, 9.17) is 16.3 Å². The molecule has 2 aromatic heterocycles. The Kier molecular flexibility index (Phi) is 6.50. The average Bonchev–Trinajstić information content (AvgIpc) is 2.75. The van der Waals surface area contributed by atoms with Gasteiger partial charge in [-0.15, -0.1) is 0 Å². The van der Waals surface area contributed by atoms with Gasteiger partial charge in [-0.3, -0.25) is 9.69 Å². The fourth-order valence-electron chi connectivity index (χ4n) is 3.62. The van der Waals surface area contributed by atoms with Gasteiger partial charge in [0, 0.05) is 49.4 Å². The average molecular weight is 431 g/mol. The normalized spacial score (nSPS) is 14.9. The molecule has 0 unspecified atom stereocenters. The van der Waals surface area contributed by atoms with Gasteiger partial charge in [0.05, 0.1) is 11.6 Å². The number of pyridine rings is 2. The van der Waals surface area contributed by atoms with Crippen LogP contribution in [0.5, 0.6) is 5.88 Å². The predicted molar refractivity (Wildman–Crippen MR) is 117 cm³/mol. The summed E-state index contributed by atoms with van der Waals surface area (Å²) in [5.74, 6) is 0.143. The van der Waals surface area contributed by atoms with Gasteiger partial charge < -0.3 is 14.6 Å². The monoisotopic (exact) mass is 430 g/mol. The van der Waals surface area contributed by atoms with E-state index >= 15 is 0 Å². The molecule has 8 heteroatoms. The summed E-state index contributed by atoms with van der Waals surface area (Å²) in [6, 6.07) is 11.8. The third-order valence-electron chi connectivity index (χ3n) is 5.32. The second-order valence-electron chi connectivity index (χ2n) is 7.39. The van der Waals surface area contributed by atoms with Gasteiger partial charge in [-0.25, -0.2) is 4.39 Å². The van der Waals surface area contributed by atoms with Crippen LogP contribution in [0.1, 0.15) is 12.8 Å². The maximum atomic E-state index is 13.3. The van der Waals surface area contributed by atoms with Gasteiger partial charge in [0.25, 0.3) is 0 Å². The van der Waals surface area contributed by atoms with Crippen molar-refractivity contribution in [1.82, 2.24) is 14.9 Å². The lowest BCUT2D eigenvalue weighted by atomic mass is 10.2. The predicted octanol–water partition coefficient (Wildman–Crippen LogP) is 3.70. The second-order valence-corrected chi connectivity index (χ2v) is 7.80. The number of anilines is 1. The van der Waals surface area contributed by atoms with Crippen LogP contribution in [0.4, 0.5) is 10.1 Å². The van der Waals surface area contributed by atoms with Crippen molar-refractivity contribution in [2.75, 3.05) is 44.2 Å². The number of nitrogens with one attached hydrogen (secondary N) is 1. The molecule has 0 atom stereocenters. The standard InChI is InChI=1S/C22H24ClFN4O2/c23-18-15-17(5-6-19(18)24)28-12-10-27(11-13-28)9-1-2-14-30-21-8-4-16-3-7-20(29)25-22(16)26-21/h3-8,15H,1-2,9-14H2,(H,25,26,29). The molecule has 1 aliphatic rings. The highest BCUT2D eigenvalue weighted by Gasteiger charge is 2.17. The summed E-state index contributed by atoms with van der Waals surface area (Å²) in [6.45, 7) is 5.34. The molecule has 1 fully saturated rings. The summed E-state index contributed by atoms with van der Waals surface area (Å²) in [4.78, 5) is 23.1. The van der Waals surface area contributed by atoms with E-state index in [2.05, 4.69) is 19.8 Å². The SMILES string of the molecule is O=c1ccc2ccc(OCCCCN3CCN(c4ccc(F)c(Cl)c4)CC3)nc2[nH]1. The van der Waals surface area contributed by atoms with E-state index in [-0.39, 0.29) is 16.4 Å². The summed E-state index contributed by atoms with van der Waals surface area (Å²) in [7, 11) is 0. The van der Waals surface area contributed by atoms with Crippen molar-refractivity contribution in [3.05, 3.63) is 63.7 Å². The van der Waals surface area contributed by atoms with Gasteiger partial charge in [0.15, 0.2) is 0 Å². The quantitative estimate of drug-likeness (QED) is 0.579. The molecule has 1 aromatic carbocycles. The Morgan fingerprint density at radius 1 is 1.07 bits per heavy atom. The van der Waals surface area contributed by atoms with Crippen LogP contribution in [-0.2, 0) is 0 Å². The molecule has 1 N–H and O–H groups in total. The van der Waals surface area contributed by atoms with Gasteiger partial charge >= 0.3 is 0 Å². The van der Waals surface area contributed by atoms with Gasteiger partial charge in [0.2, 0.25) is 11.4 Å². The number of unbranched alkanes of at least 4 members (excludes halogenated alkanes) is 1. The first-order valence-electron chi connectivity index (χ1n) is 10.1. The second kappa shape index (κ2) is 9.45. The molecule has 0 spiro atoms. The van der Waals surface area contributed by atoms with Gasteiger partial charge in [-0.05, 0) is 49.7 Å². The summed E-state index contributed by atoms with van der Waals surface area (Å²) in [5.41, 5.74) is 1.34. The van der Waals surface area contributed by atoms with E-state index in [0.29, 0.717) is 18.1 Å². The van der Waals surface area contributed by atoms with E-state index < -0.39 is 0 Å². The first kappa shape index (κ1) is 20.6. The number of rotatable bonds is 7. The largest absolute Gasteiger partial charge is 0.478 e. The number of halogens is 2. The van der Waals surface area contributed by atoms with Crippen molar-refractivity contribution < 1.29 is 9.13 Å². The minimum Gasteiger partial charge on any atom is -0.478 e. The molecule has 1 saturated heterocycles. The lowest BCUT2D eigenvalue weighted by Gasteiger charge is -2.36. The van der Waals surface area contributed by atoms with E-state index in [9.17, 15) is 9.18 Å². The molecule has 0 saturated carbocycles. The summed E-state index contributed by atoms with van der Waals surface area (Å²) >= 11 is 5.90. The van der Waals surface area contributed by atoms with Crippen LogP contribution >= 0.6 is 11.6 Å². The summed E-state index contributed by atoms with van der Waals surface area (Å²) in [6.07, 6.45) is 1.96. The lowest BCUT2D eigenvalue weighted by Crippen LogP contribution is -2.46. The van der Waals surface area contributed by atoms with Crippen molar-refractivity contribution in [3.63, 3.8) is 0 Å². The number of piperazine rings is 1. The number of hydrogen-bond donors (Lipinski definition) is 1. The molecule has 0 radical (unpaired) electrons. The van der Waals surface area contributed by atoms with Gasteiger partial charge in [0.1, 0.15) is 11.5 Å². The third kappa shape index (κ3) is 5.09.